The van der Waals surface area contributed by atoms with Crippen LogP contribution < -0.4 is 0 Å². The minimum atomic E-state index is -0.573. The maximum atomic E-state index is 12.8. The van der Waals surface area contributed by atoms with E-state index < -0.39 is 22.0 Å². The summed E-state index contributed by atoms with van der Waals surface area (Å²) in [6.07, 6.45) is 1.43. The van der Waals surface area contributed by atoms with Crippen LogP contribution in [-0.4, -0.2) is 34.0 Å². The van der Waals surface area contributed by atoms with Crippen molar-refractivity contribution in [3.05, 3.63) is 92.6 Å². The molecule has 1 aliphatic heterocycles. The van der Waals surface area contributed by atoms with Gasteiger partial charge in [0, 0.05) is 23.3 Å². The molecule has 2 aromatic carbocycles. The van der Waals surface area contributed by atoms with Crippen molar-refractivity contribution in [1.29, 1.82) is 0 Å². The topological polar surface area (TPSA) is 120 Å². The Labute approximate surface area is 191 Å². The van der Waals surface area contributed by atoms with Gasteiger partial charge in [-0.15, -0.1) is 0 Å². The van der Waals surface area contributed by atoms with Gasteiger partial charge in [-0.3, -0.25) is 24.6 Å². The van der Waals surface area contributed by atoms with E-state index >= 15 is 0 Å². The van der Waals surface area contributed by atoms with Crippen molar-refractivity contribution in [3.63, 3.8) is 0 Å². The number of amides is 2. The summed E-state index contributed by atoms with van der Waals surface area (Å²) in [5, 5.41) is 10.7. The summed E-state index contributed by atoms with van der Waals surface area (Å²) in [5.74, 6) is -0.391. The average molecular weight is 464 g/mol. The van der Waals surface area contributed by atoms with Crippen molar-refractivity contribution in [2.75, 3.05) is 7.11 Å². The Bertz CT molecular complexity index is 1310. The normalized spacial score (nSPS) is 14.7. The molecular formula is C23H16N2O7S. The number of nitrogens with zero attached hydrogens (tertiary/aromatic N) is 2. The fraction of sp³-hybridized carbons (Fsp3) is 0.0870. The first-order valence-corrected chi connectivity index (χ1v) is 10.5. The van der Waals surface area contributed by atoms with Crippen LogP contribution in [0.25, 0.3) is 17.4 Å². The summed E-state index contributed by atoms with van der Waals surface area (Å²) in [4.78, 5) is 49.0. The first-order chi connectivity index (χ1) is 15.9. The summed E-state index contributed by atoms with van der Waals surface area (Å²) in [5.41, 5.74) is 0.936. The average Bonchev–Trinajstić information content (AvgIpc) is 3.39. The van der Waals surface area contributed by atoms with E-state index in [4.69, 9.17) is 9.15 Å². The van der Waals surface area contributed by atoms with Crippen molar-refractivity contribution in [2.24, 2.45) is 0 Å². The lowest BCUT2D eigenvalue weighted by Gasteiger charge is -2.12. The highest BCUT2D eigenvalue weighted by molar-refractivity contribution is 8.18. The van der Waals surface area contributed by atoms with Gasteiger partial charge in [0.05, 0.1) is 29.0 Å². The second-order valence-corrected chi connectivity index (χ2v) is 7.89. The SMILES string of the molecule is COC(=O)c1ccccc1-c1ccc(/C=C2\SC(=O)N(Cc3ccccc3[N+](=O)[O-])C2=O)o1. The van der Waals surface area contributed by atoms with Gasteiger partial charge in [0.2, 0.25) is 0 Å². The third-order valence-corrected chi connectivity index (χ3v) is 5.80. The van der Waals surface area contributed by atoms with Gasteiger partial charge in [-0.25, -0.2) is 4.79 Å². The van der Waals surface area contributed by atoms with Gasteiger partial charge in [0.15, 0.2) is 0 Å². The van der Waals surface area contributed by atoms with Crippen LogP contribution in [0.5, 0.6) is 0 Å². The number of esters is 1. The quantitative estimate of drug-likeness (QED) is 0.219. The Balaban J connectivity index is 1.58. The molecule has 2 heterocycles. The Morgan fingerprint density at radius 3 is 2.61 bits per heavy atom. The minimum Gasteiger partial charge on any atom is -0.465 e. The van der Waals surface area contributed by atoms with Crippen LogP contribution in [0.15, 0.2) is 70.0 Å². The second kappa shape index (κ2) is 9.13. The Kier molecular flexibility index (Phi) is 6.09. The zero-order chi connectivity index (χ0) is 23.5. The Morgan fingerprint density at radius 1 is 1.12 bits per heavy atom. The van der Waals surface area contributed by atoms with E-state index in [9.17, 15) is 24.5 Å². The number of imide groups is 1. The molecule has 0 atom stereocenters. The van der Waals surface area contributed by atoms with Crippen LogP contribution in [0, 0.1) is 10.1 Å². The molecule has 0 saturated carbocycles. The molecule has 0 radical (unpaired) electrons. The molecule has 9 nitrogen and oxygen atoms in total. The molecule has 33 heavy (non-hydrogen) atoms. The lowest BCUT2D eigenvalue weighted by molar-refractivity contribution is -0.385. The number of rotatable bonds is 6. The van der Waals surface area contributed by atoms with Crippen molar-refractivity contribution in [2.45, 2.75) is 6.54 Å². The zero-order valence-electron chi connectivity index (χ0n) is 17.2. The van der Waals surface area contributed by atoms with E-state index in [2.05, 4.69) is 0 Å². The molecule has 0 bridgehead atoms. The maximum absolute atomic E-state index is 12.8. The number of carbonyl (C=O) groups excluding carboxylic acids is 3. The number of hydrogen-bond donors (Lipinski definition) is 0. The molecule has 0 aliphatic carbocycles. The number of nitro groups is 1. The predicted octanol–water partition coefficient (Wildman–Crippen LogP) is 4.88. The number of benzene rings is 2. The first kappa shape index (κ1) is 22.0. The van der Waals surface area contributed by atoms with Crippen LogP contribution in [0.4, 0.5) is 10.5 Å². The van der Waals surface area contributed by atoms with E-state index in [1.54, 1.807) is 42.5 Å². The molecule has 1 fully saturated rings. The number of hydrogen-bond acceptors (Lipinski definition) is 8. The van der Waals surface area contributed by atoms with Gasteiger partial charge < -0.3 is 9.15 Å². The summed E-state index contributed by atoms with van der Waals surface area (Å²) in [6.45, 7) is -0.213. The summed E-state index contributed by atoms with van der Waals surface area (Å²) < 4.78 is 10.6. The molecule has 1 aromatic heterocycles. The predicted molar refractivity (Wildman–Crippen MR) is 120 cm³/mol. The summed E-state index contributed by atoms with van der Waals surface area (Å²) in [7, 11) is 1.28. The third kappa shape index (κ3) is 4.41. The van der Waals surface area contributed by atoms with Crippen molar-refractivity contribution in [1.82, 2.24) is 4.90 Å². The smallest absolute Gasteiger partial charge is 0.338 e. The lowest BCUT2D eigenvalue weighted by atomic mass is 10.1. The van der Waals surface area contributed by atoms with E-state index in [0.29, 0.717) is 22.6 Å². The highest BCUT2D eigenvalue weighted by atomic mass is 32.2. The van der Waals surface area contributed by atoms with Crippen molar-refractivity contribution >= 4 is 40.6 Å². The number of para-hydroxylation sites is 1. The first-order valence-electron chi connectivity index (χ1n) is 9.64. The van der Waals surface area contributed by atoms with Gasteiger partial charge in [0.25, 0.3) is 16.8 Å². The number of ether oxygens (including phenoxy) is 1. The number of furan rings is 1. The molecule has 0 unspecified atom stereocenters. The van der Waals surface area contributed by atoms with Gasteiger partial charge in [-0.2, -0.15) is 0 Å². The molecule has 166 valence electrons. The molecule has 0 spiro atoms. The van der Waals surface area contributed by atoms with Crippen LogP contribution in [0.1, 0.15) is 21.7 Å². The van der Waals surface area contributed by atoms with Crippen molar-refractivity contribution < 1.29 is 28.5 Å². The van der Waals surface area contributed by atoms with E-state index in [-0.39, 0.29) is 22.7 Å². The maximum Gasteiger partial charge on any atom is 0.338 e. The van der Waals surface area contributed by atoms with Crippen molar-refractivity contribution in [3.8, 4) is 11.3 Å². The molecule has 1 aliphatic rings. The number of carbonyl (C=O) groups is 3. The fourth-order valence-electron chi connectivity index (χ4n) is 3.32. The van der Waals surface area contributed by atoms with Gasteiger partial charge >= 0.3 is 5.97 Å². The monoisotopic (exact) mass is 464 g/mol. The van der Waals surface area contributed by atoms with Gasteiger partial charge in [-0.05, 0) is 30.0 Å². The Morgan fingerprint density at radius 2 is 1.85 bits per heavy atom. The van der Waals surface area contributed by atoms with Gasteiger partial charge in [0.1, 0.15) is 11.5 Å². The zero-order valence-corrected chi connectivity index (χ0v) is 18.0. The van der Waals surface area contributed by atoms with Crippen LogP contribution in [-0.2, 0) is 16.1 Å². The summed E-state index contributed by atoms with van der Waals surface area (Å²) in [6, 6.07) is 16.0. The second-order valence-electron chi connectivity index (χ2n) is 6.89. The molecule has 10 heteroatoms. The third-order valence-electron chi connectivity index (χ3n) is 4.89. The molecule has 0 N–H and O–H groups in total. The fourth-order valence-corrected chi connectivity index (χ4v) is 4.14. The Hall–Kier alpha value is -4.18. The minimum absolute atomic E-state index is 0.126. The van der Waals surface area contributed by atoms with Crippen LogP contribution >= 0.6 is 11.8 Å². The number of thioether (sulfide) groups is 1. The standard InChI is InChI=1S/C23H16N2O7S/c1-31-22(27)17-8-4-3-7-16(17)19-11-10-15(32-19)12-20-21(26)24(23(28)33-20)13-14-6-2-5-9-18(14)25(29)30/h2-12H,13H2,1H3/b20-12-. The highest BCUT2D eigenvalue weighted by Crippen LogP contribution is 2.35. The molecule has 4 rings (SSSR count). The van der Waals surface area contributed by atoms with Crippen LogP contribution in [0.3, 0.4) is 0 Å². The van der Waals surface area contributed by atoms with Gasteiger partial charge in [-0.1, -0.05) is 36.4 Å². The molecule has 1 saturated heterocycles. The number of nitro benzene ring substituents is 1. The van der Waals surface area contributed by atoms with E-state index in [0.717, 1.165) is 16.7 Å². The van der Waals surface area contributed by atoms with Crippen LogP contribution in [0.2, 0.25) is 0 Å². The largest absolute Gasteiger partial charge is 0.465 e. The number of methoxy groups -OCH3 is 1. The highest BCUT2D eigenvalue weighted by Gasteiger charge is 2.36. The summed E-state index contributed by atoms with van der Waals surface area (Å²) >= 11 is 0.721. The van der Waals surface area contributed by atoms with E-state index in [1.165, 1.54) is 31.4 Å². The molecule has 2 amide bonds. The van der Waals surface area contributed by atoms with E-state index in [1.807, 2.05) is 0 Å². The molecular weight excluding hydrogens is 448 g/mol. The molecule has 3 aromatic rings. The lowest BCUT2D eigenvalue weighted by Crippen LogP contribution is -2.27.